The highest BCUT2D eigenvalue weighted by molar-refractivity contribution is 7.90. The SMILES string of the molecule is Cc1cccc(Nc2ccncc2S(=O)(=O)NC(=O)N(C)c2ccccc2)c1. The van der Waals surface area contributed by atoms with Gasteiger partial charge in [-0.1, -0.05) is 30.3 Å². The summed E-state index contributed by atoms with van der Waals surface area (Å²) in [6.07, 6.45) is 2.69. The zero-order valence-corrected chi connectivity index (χ0v) is 16.3. The van der Waals surface area contributed by atoms with E-state index < -0.39 is 16.1 Å². The van der Waals surface area contributed by atoms with Crippen LogP contribution in [0.1, 0.15) is 5.56 Å². The topological polar surface area (TPSA) is 91.4 Å². The van der Waals surface area contributed by atoms with Gasteiger partial charge in [-0.05, 0) is 42.8 Å². The van der Waals surface area contributed by atoms with Crippen molar-refractivity contribution in [2.24, 2.45) is 0 Å². The smallest absolute Gasteiger partial charge is 0.335 e. The fourth-order valence-corrected chi connectivity index (χ4v) is 3.67. The van der Waals surface area contributed by atoms with E-state index in [0.717, 1.165) is 11.3 Å². The molecule has 0 fully saturated rings. The van der Waals surface area contributed by atoms with E-state index in [1.807, 2.05) is 37.3 Å². The molecule has 2 amide bonds. The number of hydrogen-bond acceptors (Lipinski definition) is 5. The normalized spacial score (nSPS) is 10.9. The van der Waals surface area contributed by atoms with Crippen molar-refractivity contribution in [3.05, 3.63) is 78.6 Å². The summed E-state index contributed by atoms with van der Waals surface area (Å²) in [7, 11) is -2.64. The van der Waals surface area contributed by atoms with Crippen LogP contribution in [0.4, 0.5) is 21.9 Å². The lowest BCUT2D eigenvalue weighted by Gasteiger charge is -2.19. The Kier molecular flexibility index (Phi) is 5.60. The molecule has 0 aliphatic rings. The molecule has 0 unspecified atom stereocenters. The van der Waals surface area contributed by atoms with E-state index in [-0.39, 0.29) is 4.90 Å². The summed E-state index contributed by atoms with van der Waals surface area (Å²) in [5.41, 5.74) is 2.65. The van der Waals surface area contributed by atoms with E-state index in [9.17, 15) is 13.2 Å². The van der Waals surface area contributed by atoms with Gasteiger partial charge in [0.2, 0.25) is 0 Å². The lowest BCUT2D eigenvalue weighted by Crippen LogP contribution is -2.40. The van der Waals surface area contributed by atoms with Gasteiger partial charge in [0.1, 0.15) is 4.90 Å². The summed E-state index contributed by atoms with van der Waals surface area (Å²) in [5, 5.41) is 3.07. The number of rotatable bonds is 5. The average molecular weight is 396 g/mol. The standard InChI is InChI=1S/C20H20N4O3S/c1-15-7-6-8-16(13-15)22-18-11-12-21-14-19(18)28(26,27)23-20(25)24(2)17-9-4-3-5-10-17/h3-14H,1-2H3,(H,21,22)(H,23,25). The molecule has 0 aliphatic carbocycles. The third-order valence-electron chi connectivity index (χ3n) is 4.04. The number of aromatic nitrogens is 1. The number of pyridine rings is 1. The molecular weight excluding hydrogens is 376 g/mol. The van der Waals surface area contributed by atoms with Gasteiger partial charge in [-0.3, -0.25) is 9.88 Å². The fourth-order valence-electron chi connectivity index (χ4n) is 2.58. The van der Waals surface area contributed by atoms with Crippen molar-refractivity contribution >= 4 is 33.1 Å². The van der Waals surface area contributed by atoms with Crippen molar-refractivity contribution in [1.29, 1.82) is 0 Å². The molecular formula is C20H20N4O3S. The maximum absolute atomic E-state index is 12.8. The molecule has 0 aliphatic heterocycles. The number of anilines is 3. The van der Waals surface area contributed by atoms with Gasteiger partial charge in [-0.25, -0.2) is 17.9 Å². The van der Waals surface area contributed by atoms with Gasteiger partial charge in [0.05, 0.1) is 5.69 Å². The molecule has 2 N–H and O–H groups in total. The van der Waals surface area contributed by atoms with Crippen molar-refractivity contribution in [2.75, 3.05) is 17.3 Å². The Morgan fingerprint density at radius 1 is 1.04 bits per heavy atom. The number of aryl methyl sites for hydroxylation is 1. The molecule has 3 rings (SSSR count). The lowest BCUT2D eigenvalue weighted by molar-refractivity contribution is 0.252. The summed E-state index contributed by atoms with van der Waals surface area (Å²) in [6.45, 7) is 1.94. The Hall–Kier alpha value is -3.39. The number of urea groups is 1. The van der Waals surface area contributed by atoms with E-state index >= 15 is 0 Å². The van der Waals surface area contributed by atoms with Crippen LogP contribution >= 0.6 is 0 Å². The third-order valence-corrected chi connectivity index (χ3v) is 5.39. The fraction of sp³-hybridized carbons (Fsp3) is 0.100. The van der Waals surface area contributed by atoms with Crippen LogP contribution in [0.3, 0.4) is 0 Å². The maximum Gasteiger partial charge on any atom is 0.335 e. The number of nitrogens with one attached hydrogen (secondary N) is 2. The monoisotopic (exact) mass is 396 g/mol. The highest BCUT2D eigenvalue weighted by Crippen LogP contribution is 2.24. The van der Waals surface area contributed by atoms with Crippen molar-refractivity contribution in [1.82, 2.24) is 9.71 Å². The van der Waals surface area contributed by atoms with Gasteiger partial charge in [-0.2, -0.15) is 0 Å². The molecule has 7 nitrogen and oxygen atoms in total. The quantitative estimate of drug-likeness (QED) is 0.687. The second kappa shape index (κ2) is 8.10. The molecule has 0 saturated heterocycles. The van der Waals surface area contributed by atoms with Gasteiger partial charge < -0.3 is 5.32 Å². The molecule has 28 heavy (non-hydrogen) atoms. The van der Waals surface area contributed by atoms with Gasteiger partial charge in [-0.15, -0.1) is 0 Å². The Bertz CT molecular complexity index is 1090. The van der Waals surface area contributed by atoms with Crippen molar-refractivity contribution in [3.63, 3.8) is 0 Å². The van der Waals surface area contributed by atoms with E-state index in [4.69, 9.17) is 0 Å². The first-order valence-corrected chi connectivity index (χ1v) is 9.98. The molecule has 0 atom stereocenters. The van der Waals surface area contributed by atoms with E-state index in [2.05, 4.69) is 15.0 Å². The van der Waals surface area contributed by atoms with Crippen molar-refractivity contribution in [3.8, 4) is 0 Å². The molecule has 144 valence electrons. The largest absolute Gasteiger partial charge is 0.354 e. The van der Waals surface area contributed by atoms with E-state index in [0.29, 0.717) is 11.4 Å². The van der Waals surface area contributed by atoms with Crippen LogP contribution in [0, 0.1) is 6.92 Å². The Labute approximate surface area is 164 Å². The van der Waals surface area contributed by atoms with E-state index in [1.54, 1.807) is 30.3 Å². The summed E-state index contributed by atoms with van der Waals surface area (Å²) in [5.74, 6) is 0. The molecule has 0 saturated carbocycles. The van der Waals surface area contributed by atoms with Gasteiger partial charge >= 0.3 is 6.03 Å². The molecule has 0 spiro atoms. The second-order valence-corrected chi connectivity index (χ2v) is 7.82. The van der Waals surface area contributed by atoms with Crippen molar-refractivity contribution < 1.29 is 13.2 Å². The molecule has 3 aromatic rings. The minimum atomic E-state index is -4.14. The van der Waals surface area contributed by atoms with Crippen LogP contribution in [-0.4, -0.2) is 26.5 Å². The number of benzene rings is 2. The lowest BCUT2D eigenvalue weighted by atomic mass is 10.2. The number of nitrogens with zero attached hydrogens (tertiary/aromatic N) is 2. The molecule has 0 radical (unpaired) electrons. The number of amides is 2. The van der Waals surface area contributed by atoms with Crippen LogP contribution in [-0.2, 0) is 10.0 Å². The molecule has 1 heterocycles. The number of para-hydroxylation sites is 1. The predicted octanol–water partition coefficient (Wildman–Crippen LogP) is 3.67. The van der Waals surface area contributed by atoms with Crippen molar-refractivity contribution in [2.45, 2.75) is 11.8 Å². The van der Waals surface area contributed by atoms with E-state index in [1.165, 1.54) is 24.3 Å². The number of sulfonamides is 1. The molecule has 0 bridgehead atoms. The average Bonchev–Trinajstić information content (AvgIpc) is 2.68. The number of carbonyl (C=O) groups excluding carboxylic acids is 1. The van der Waals surface area contributed by atoms with Gasteiger partial charge in [0, 0.05) is 30.8 Å². The van der Waals surface area contributed by atoms with Crippen LogP contribution in [0.5, 0.6) is 0 Å². The van der Waals surface area contributed by atoms with Crippen LogP contribution < -0.4 is 14.9 Å². The molecule has 8 heteroatoms. The van der Waals surface area contributed by atoms with Crippen LogP contribution in [0.2, 0.25) is 0 Å². The zero-order valence-electron chi connectivity index (χ0n) is 15.5. The maximum atomic E-state index is 12.8. The summed E-state index contributed by atoms with van der Waals surface area (Å²) >= 11 is 0. The second-order valence-electron chi connectivity index (χ2n) is 6.17. The zero-order chi connectivity index (χ0) is 20.1. The number of hydrogen-bond donors (Lipinski definition) is 2. The highest BCUT2D eigenvalue weighted by Gasteiger charge is 2.24. The summed E-state index contributed by atoms with van der Waals surface area (Å²) < 4.78 is 27.7. The minimum Gasteiger partial charge on any atom is -0.354 e. The van der Waals surface area contributed by atoms with Gasteiger partial charge in [0.15, 0.2) is 0 Å². The summed E-state index contributed by atoms with van der Waals surface area (Å²) in [4.78, 5) is 17.4. The van der Waals surface area contributed by atoms with Gasteiger partial charge in [0.25, 0.3) is 10.0 Å². The van der Waals surface area contributed by atoms with Crippen LogP contribution in [0.25, 0.3) is 0 Å². The number of carbonyl (C=O) groups is 1. The Morgan fingerprint density at radius 2 is 1.79 bits per heavy atom. The summed E-state index contributed by atoms with van der Waals surface area (Å²) in [6, 6.07) is 17.0. The highest BCUT2D eigenvalue weighted by atomic mass is 32.2. The predicted molar refractivity (Wildman–Crippen MR) is 109 cm³/mol. The van der Waals surface area contributed by atoms with Crippen LogP contribution in [0.15, 0.2) is 78.0 Å². The minimum absolute atomic E-state index is 0.119. The first-order chi connectivity index (χ1) is 13.4. The Balaban J connectivity index is 1.85. The molecule has 1 aromatic heterocycles. The Morgan fingerprint density at radius 3 is 2.50 bits per heavy atom. The first-order valence-electron chi connectivity index (χ1n) is 8.50. The molecule has 2 aromatic carbocycles. The third kappa shape index (κ3) is 4.47. The first kappa shape index (κ1) is 19.4.